The van der Waals surface area contributed by atoms with Crippen LogP contribution in [0, 0.1) is 5.82 Å². The third-order valence-electron chi connectivity index (χ3n) is 3.26. The van der Waals surface area contributed by atoms with E-state index in [1.807, 2.05) is 6.07 Å². The second-order valence-corrected chi connectivity index (χ2v) is 7.38. The number of halogens is 1. The van der Waals surface area contributed by atoms with Crippen LogP contribution < -0.4 is 4.74 Å². The first kappa shape index (κ1) is 18.9. The molecule has 25 heavy (non-hydrogen) atoms. The van der Waals surface area contributed by atoms with Gasteiger partial charge in [-0.05, 0) is 30.3 Å². The van der Waals surface area contributed by atoms with E-state index in [2.05, 4.69) is 0 Å². The largest absolute Gasteiger partial charge is 0.490 e. The van der Waals surface area contributed by atoms with Gasteiger partial charge in [-0.25, -0.2) is 21.9 Å². The van der Waals surface area contributed by atoms with Crippen molar-refractivity contribution in [2.24, 2.45) is 0 Å². The van der Waals surface area contributed by atoms with Crippen molar-refractivity contribution in [3.8, 4) is 5.75 Å². The van der Waals surface area contributed by atoms with Crippen LogP contribution in [0.3, 0.4) is 0 Å². The Hall–Kier alpha value is -2.45. The molecule has 0 saturated heterocycles. The maximum Gasteiger partial charge on any atom is 0.341 e. The molecule has 0 aromatic heterocycles. The molecule has 2 rings (SSSR count). The van der Waals surface area contributed by atoms with Gasteiger partial charge in [0.15, 0.2) is 0 Å². The van der Waals surface area contributed by atoms with Gasteiger partial charge in [0.2, 0.25) is 10.0 Å². The van der Waals surface area contributed by atoms with Gasteiger partial charge in [-0.1, -0.05) is 18.2 Å². The molecule has 134 valence electrons. The molecule has 0 atom stereocenters. The van der Waals surface area contributed by atoms with Crippen molar-refractivity contribution in [2.45, 2.75) is 4.90 Å². The number of nitrogens with zero attached hydrogens (tertiary/aromatic N) is 1. The van der Waals surface area contributed by atoms with Gasteiger partial charge in [0, 0.05) is 14.1 Å². The fourth-order valence-electron chi connectivity index (χ4n) is 1.92. The minimum Gasteiger partial charge on any atom is -0.490 e. The van der Waals surface area contributed by atoms with Crippen LogP contribution in [0.15, 0.2) is 53.4 Å². The Bertz CT molecular complexity index is 837. The van der Waals surface area contributed by atoms with Crippen LogP contribution in [0.4, 0.5) is 4.39 Å². The normalized spacial score (nSPS) is 11.4. The molecule has 0 heterocycles. The zero-order chi connectivity index (χ0) is 18.4. The van der Waals surface area contributed by atoms with E-state index in [1.54, 1.807) is 24.3 Å². The summed E-state index contributed by atoms with van der Waals surface area (Å²) < 4.78 is 49.3. The number of rotatable bonds is 7. The van der Waals surface area contributed by atoms with Crippen LogP contribution >= 0.6 is 0 Å². The Morgan fingerprint density at radius 2 is 1.76 bits per heavy atom. The molecule has 0 aliphatic carbocycles. The minimum absolute atomic E-state index is 0.0903. The van der Waals surface area contributed by atoms with Gasteiger partial charge in [0.1, 0.15) is 24.8 Å². The van der Waals surface area contributed by atoms with Crippen LogP contribution in [-0.2, 0) is 14.8 Å². The number of sulfonamides is 1. The van der Waals surface area contributed by atoms with Crippen LogP contribution in [-0.4, -0.2) is 46.0 Å². The van der Waals surface area contributed by atoms with Crippen molar-refractivity contribution in [1.82, 2.24) is 4.31 Å². The van der Waals surface area contributed by atoms with Gasteiger partial charge in [-0.15, -0.1) is 0 Å². The summed E-state index contributed by atoms with van der Waals surface area (Å²) in [5.41, 5.74) is -0.442. The van der Waals surface area contributed by atoms with E-state index in [-0.39, 0.29) is 18.1 Å². The first-order valence-corrected chi connectivity index (χ1v) is 8.83. The Balaban J connectivity index is 2.01. The molecule has 0 amide bonds. The Morgan fingerprint density at radius 3 is 2.40 bits per heavy atom. The van der Waals surface area contributed by atoms with Crippen molar-refractivity contribution in [2.75, 3.05) is 27.3 Å². The zero-order valence-corrected chi connectivity index (χ0v) is 14.6. The molecule has 0 bridgehead atoms. The van der Waals surface area contributed by atoms with Crippen molar-refractivity contribution < 1.29 is 27.1 Å². The second-order valence-electron chi connectivity index (χ2n) is 5.23. The Kier molecular flexibility index (Phi) is 6.11. The molecule has 0 N–H and O–H groups in total. The van der Waals surface area contributed by atoms with Crippen molar-refractivity contribution in [3.63, 3.8) is 0 Å². The summed E-state index contributed by atoms with van der Waals surface area (Å²) in [5.74, 6) is -1.19. The molecular weight excluding hydrogens is 349 g/mol. The standard InChI is InChI=1S/C17H18FNO5S/c1-19(2)25(21,22)14-8-9-16(18)15(12-14)17(20)24-11-10-23-13-6-4-3-5-7-13/h3-9,12H,10-11H2,1-2H3. The summed E-state index contributed by atoms with van der Waals surface area (Å²) in [6.45, 7) is -0.00904. The number of hydrogen-bond acceptors (Lipinski definition) is 5. The lowest BCUT2D eigenvalue weighted by Crippen LogP contribution is -2.23. The molecule has 0 aliphatic rings. The van der Waals surface area contributed by atoms with Crippen LogP contribution in [0.25, 0.3) is 0 Å². The summed E-state index contributed by atoms with van der Waals surface area (Å²) >= 11 is 0. The smallest absolute Gasteiger partial charge is 0.341 e. The Morgan fingerprint density at radius 1 is 1.08 bits per heavy atom. The average Bonchev–Trinajstić information content (AvgIpc) is 2.59. The SMILES string of the molecule is CN(C)S(=O)(=O)c1ccc(F)c(C(=O)OCCOc2ccccc2)c1. The van der Waals surface area contributed by atoms with Gasteiger partial charge in [-0.3, -0.25) is 0 Å². The second kappa shape index (κ2) is 8.09. The highest BCUT2D eigenvalue weighted by molar-refractivity contribution is 7.89. The number of carbonyl (C=O) groups excluding carboxylic acids is 1. The average molecular weight is 367 g/mol. The van der Waals surface area contributed by atoms with E-state index < -0.39 is 27.4 Å². The number of carbonyl (C=O) groups is 1. The fourth-order valence-corrected chi connectivity index (χ4v) is 2.85. The molecule has 0 radical (unpaired) electrons. The molecule has 2 aromatic rings. The number of para-hydroxylation sites is 1. The predicted octanol–water partition coefficient (Wildman–Crippen LogP) is 2.31. The number of benzene rings is 2. The van der Waals surface area contributed by atoms with E-state index in [0.717, 1.165) is 22.5 Å². The maximum atomic E-state index is 13.8. The highest BCUT2D eigenvalue weighted by Gasteiger charge is 2.22. The summed E-state index contributed by atoms with van der Waals surface area (Å²) in [7, 11) is -1.09. The fraction of sp³-hybridized carbons (Fsp3) is 0.235. The molecular formula is C17H18FNO5S. The van der Waals surface area contributed by atoms with Gasteiger partial charge in [0.05, 0.1) is 10.5 Å². The van der Waals surface area contributed by atoms with Crippen molar-refractivity contribution in [3.05, 3.63) is 59.9 Å². The van der Waals surface area contributed by atoms with E-state index in [0.29, 0.717) is 5.75 Å². The third-order valence-corrected chi connectivity index (χ3v) is 5.08. The monoisotopic (exact) mass is 367 g/mol. The Labute approximate surface area is 145 Å². The van der Waals surface area contributed by atoms with E-state index >= 15 is 0 Å². The van der Waals surface area contributed by atoms with E-state index in [4.69, 9.17) is 9.47 Å². The first-order valence-electron chi connectivity index (χ1n) is 7.39. The van der Waals surface area contributed by atoms with Gasteiger partial charge >= 0.3 is 5.97 Å². The van der Waals surface area contributed by atoms with Gasteiger partial charge in [-0.2, -0.15) is 0 Å². The van der Waals surface area contributed by atoms with E-state index in [9.17, 15) is 17.6 Å². The molecule has 0 aliphatic heterocycles. The third kappa shape index (κ3) is 4.77. The molecule has 8 heteroatoms. The highest BCUT2D eigenvalue weighted by Crippen LogP contribution is 2.18. The molecule has 0 saturated carbocycles. The van der Waals surface area contributed by atoms with Crippen LogP contribution in [0.5, 0.6) is 5.75 Å². The molecule has 0 unspecified atom stereocenters. The van der Waals surface area contributed by atoms with Crippen molar-refractivity contribution in [1.29, 1.82) is 0 Å². The quantitative estimate of drug-likeness (QED) is 0.555. The number of esters is 1. The van der Waals surface area contributed by atoms with Gasteiger partial charge in [0.25, 0.3) is 0 Å². The lowest BCUT2D eigenvalue weighted by atomic mass is 10.2. The van der Waals surface area contributed by atoms with Crippen molar-refractivity contribution >= 4 is 16.0 Å². The summed E-state index contributed by atoms with van der Waals surface area (Å²) in [6.07, 6.45) is 0. The molecule has 0 spiro atoms. The zero-order valence-electron chi connectivity index (χ0n) is 13.8. The lowest BCUT2D eigenvalue weighted by molar-refractivity contribution is 0.0445. The topological polar surface area (TPSA) is 72.9 Å². The highest BCUT2D eigenvalue weighted by atomic mass is 32.2. The molecule has 0 fully saturated rings. The van der Waals surface area contributed by atoms with Crippen LogP contribution in [0.1, 0.15) is 10.4 Å². The van der Waals surface area contributed by atoms with Crippen LogP contribution in [0.2, 0.25) is 0 Å². The molecule has 6 nitrogen and oxygen atoms in total. The maximum absolute atomic E-state index is 13.8. The van der Waals surface area contributed by atoms with E-state index in [1.165, 1.54) is 14.1 Å². The lowest BCUT2D eigenvalue weighted by Gasteiger charge is -2.13. The summed E-state index contributed by atoms with van der Waals surface area (Å²) in [5, 5.41) is 0. The number of hydrogen-bond donors (Lipinski definition) is 0. The summed E-state index contributed by atoms with van der Waals surface area (Å²) in [6, 6.07) is 11.9. The van der Waals surface area contributed by atoms with Gasteiger partial charge < -0.3 is 9.47 Å². The number of ether oxygens (including phenoxy) is 2. The molecule has 2 aromatic carbocycles. The predicted molar refractivity (Wildman–Crippen MR) is 89.5 cm³/mol. The minimum atomic E-state index is -3.78. The summed E-state index contributed by atoms with van der Waals surface area (Å²) in [4.78, 5) is 11.8. The first-order chi connectivity index (χ1) is 11.8.